The molecule has 0 atom stereocenters. The molecule has 2 aromatic carbocycles. The predicted molar refractivity (Wildman–Crippen MR) is 137 cm³/mol. The van der Waals surface area contributed by atoms with Crippen LogP contribution in [-0.4, -0.2) is 37.9 Å². The van der Waals surface area contributed by atoms with Crippen LogP contribution < -0.4 is 9.73 Å². The van der Waals surface area contributed by atoms with Crippen molar-refractivity contribution in [1.82, 2.24) is 9.99 Å². The summed E-state index contributed by atoms with van der Waals surface area (Å²) < 4.78 is 28.1. The summed E-state index contributed by atoms with van der Waals surface area (Å²) >= 11 is 15.5. The second-order valence-electron chi connectivity index (χ2n) is 7.27. The van der Waals surface area contributed by atoms with Crippen LogP contribution in [0.1, 0.15) is 17.0 Å². The number of aryl methyl sites for hydroxylation is 1. The van der Waals surface area contributed by atoms with Gasteiger partial charge in [0, 0.05) is 27.1 Å². The van der Waals surface area contributed by atoms with E-state index in [4.69, 9.17) is 23.2 Å². The first kappa shape index (κ1) is 25.3. The molecule has 0 bridgehead atoms. The maximum Gasteiger partial charge on any atom is 0.260 e. The summed E-state index contributed by atoms with van der Waals surface area (Å²) in [6.45, 7) is 3.44. The highest BCUT2D eigenvalue weighted by atomic mass is 79.9. The number of anilines is 1. The number of halogens is 3. The molecule has 0 aliphatic heterocycles. The summed E-state index contributed by atoms with van der Waals surface area (Å²) in [5.41, 5.74) is 6.22. The van der Waals surface area contributed by atoms with E-state index < -0.39 is 22.5 Å². The summed E-state index contributed by atoms with van der Waals surface area (Å²) in [4.78, 5) is 12.4. The molecule has 0 aliphatic rings. The number of hydrazone groups is 1. The quantitative estimate of drug-likeness (QED) is 0.317. The van der Waals surface area contributed by atoms with Gasteiger partial charge in [-0.15, -0.1) is 0 Å². The second-order valence-corrected chi connectivity index (χ2v) is 10.9. The van der Waals surface area contributed by atoms with Gasteiger partial charge in [-0.05, 0) is 66.2 Å². The number of sulfonamides is 1. The van der Waals surface area contributed by atoms with Crippen molar-refractivity contribution in [1.29, 1.82) is 0 Å². The number of rotatable bonds is 7. The largest absolute Gasteiger partial charge is 0.318 e. The van der Waals surface area contributed by atoms with Crippen molar-refractivity contribution < 1.29 is 13.2 Å². The highest BCUT2D eigenvalue weighted by Crippen LogP contribution is 2.28. The highest BCUT2D eigenvalue weighted by molar-refractivity contribution is 9.10. The molecule has 7 nitrogen and oxygen atoms in total. The van der Waals surface area contributed by atoms with Crippen molar-refractivity contribution in [2.75, 3.05) is 17.1 Å². The Labute approximate surface area is 211 Å². The van der Waals surface area contributed by atoms with Crippen LogP contribution in [-0.2, 0) is 14.8 Å². The van der Waals surface area contributed by atoms with E-state index in [9.17, 15) is 13.2 Å². The van der Waals surface area contributed by atoms with E-state index in [-0.39, 0.29) is 0 Å². The minimum Gasteiger partial charge on any atom is -0.318 e. The average Bonchev–Trinajstić information content (AvgIpc) is 3.01. The number of aromatic nitrogens is 1. The van der Waals surface area contributed by atoms with Gasteiger partial charge in [0.1, 0.15) is 6.54 Å². The van der Waals surface area contributed by atoms with Crippen LogP contribution in [0.3, 0.4) is 0 Å². The van der Waals surface area contributed by atoms with Gasteiger partial charge >= 0.3 is 0 Å². The summed E-state index contributed by atoms with van der Waals surface area (Å²) in [7, 11) is -3.69. The predicted octanol–water partition coefficient (Wildman–Crippen LogP) is 5.08. The Morgan fingerprint density at radius 1 is 1.15 bits per heavy atom. The van der Waals surface area contributed by atoms with Gasteiger partial charge in [-0.2, -0.15) is 5.10 Å². The lowest BCUT2D eigenvalue weighted by Crippen LogP contribution is -2.39. The topological polar surface area (TPSA) is 83.8 Å². The fourth-order valence-electron chi connectivity index (χ4n) is 3.31. The molecule has 33 heavy (non-hydrogen) atoms. The number of nitrogens with zero attached hydrogens (tertiary/aromatic N) is 3. The maximum absolute atomic E-state index is 12.4. The Hall–Kier alpha value is -2.33. The first-order valence-electron chi connectivity index (χ1n) is 9.67. The molecule has 3 aromatic rings. The third-order valence-electron chi connectivity index (χ3n) is 4.83. The zero-order chi connectivity index (χ0) is 24.3. The molecule has 1 heterocycles. The zero-order valence-electron chi connectivity index (χ0n) is 18.0. The molecule has 11 heteroatoms. The summed E-state index contributed by atoms with van der Waals surface area (Å²) in [5, 5.41) is 4.93. The van der Waals surface area contributed by atoms with Crippen molar-refractivity contribution in [3.63, 3.8) is 0 Å². The normalized spacial score (nSPS) is 11.7. The summed E-state index contributed by atoms with van der Waals surface area (Å²) in [6, 6.07) is 14.0. The van der Waals surface area contributed by atoms with Gasteiger partial charge in [-0.25, -0.2) is 13.8 Å². The first-order chi connectivity index (χ1) is 15.5. The van der Waals surface area contributed by atoms with Crippen molar-refractivity contribution >= 4 is 67.0 Å². The van der Waals surface area contributed by atoms with Crippen LogP contribution in [0.4, 0.5) is 5.69 Å². The van der Waals surface area contributed by atoms with Crippen LogP contribution >= 0.6 is 39.1 Å². The Balaban J connectivity index is 1.76. The molecule has 0 spiro atoms. The van der Waals surface area contributed by atoms with E-state index in [1.54, 1.807) is 36.4 Å². The minimum atomic E-state index is -3.69. The fraction of sp³-hybridized carbons (Fsp3) is 0.182. The van der Waals surface area contributed by atoms with E-state index in [1.807, 2.05) is 30.5 Å². The number of hydrogen-bond acceptors (Lipinski definition) is 4. The number of carbonyl (C=O) groups is 1. The van der Waals surface area contributed by atoms with Crippen LogP contribution in [0.2, 0.25) is 10.0 Å². The molecule has 1 aromatic heterocycles. The van der Waals surface area contributed by atoms with Crippen LogP contribution in [0.15, 0.2) is 58.1 Å². The fourth-order valence-corrected chi connectivity index (χ4v) is 5.09. The number of carbonyl (C=O) groups excluding carboxylic acids is 1. The first-order valence-corrected chi connectivity index (χ1v) is 13.1. The number of nitrogens with one attached hydrogen (secondary N) is 1. The molecule has 0 radical (unpaired) electrons. The van der Waals surface area contributed by atoms with E-state index >= 15 is 0 Å². The van der Waals surface area contributed by atoms with Gasteiger partial charge in [0.2, 0.25) is 10.0 Å². The minimum absolute atomic E-state index is 0.365. The van der Waals surface area contributed by atoms with E-state index in [2.05, 4.69) is 26.5 Å². The molecule has 0 saturated heterocycles. The number of amides is 1. The Bertz CT molecular complexity index is 1340. The molecule has 0 fully saturated rings. The van der Waals surface area contributed by atoms with Gasteiger partial charge in [0.25, 0.3) is 5.91 Å². The number of para-hydroxylation sites is 1. The molecule has 1 amide bonds. The molecular weight excluding hydrogens is 551 g/mol. The maximum atomic E-state index is 12.4. The van der Waals surface area contributed by atoms with Crippen molar-refractivity contribution in [3.05, 3.63) is 80.0 Å². The van der Waals surface area contributed by atoms with Gasteiger partial charge < -0.3 is 4.57 Å². The molecular formula is C22H21BrCl2N4O3S. The Morgan fingerprint density at radius 3 is 2.48 bits per heavy atom. The smallest absolute Gasteiger partial charge is 0.260 e. The summed E-state index contributed by atoms with van der Waals surface area (Å²) in [5.74, 6) is -0.578. The monoisotopic (exact) mass is 570 g/mol. The standard InChI is InChI=1S/C22H21BrCl2N4O3S/c1-14-10-16(15(2)29(14)17-8-9-19(24)20(25)11-17)12-26-27-22(30)13-28(33(3,31)32)21-7-5-4-6-18(21)23/h4-12H,13H2,1-3H3,(H,27,30)/b26-12-. The van der Waals surface area contributed by atoms with Crippen molar-refractivity contribution in [2.45, 2.75) is 13.8 Å². The molecule has 3 rings (SSSR count). The lowest BCUT2D eigenvalue weighted by atomic mass is 10.2. The van der Waals surface area contributed by atoms with Crippen LogP contribution in [0, 0.1) is 13.8 Å². The molecule has 0 saturated carbocycles. The third kappa shape index (κ3) is 5.97. The van der Waals surface area contributed by atoms with E-state index in [0.717, 1.165) is 33.2 Å². The molecule has 174 valence electrons. The highest BCUT2D eigenvalue weighted by Gasteiger charge is 2.22. The average molecular weight is 572 g/mol. The van der Waals surface area contributed by atoms with Gasteiger partial charge in [-0.1, -0.05) is 35.3 Å². The van der Waals surface area contributed by atoms with Gasteiger partial charge in [0.15, 0.2) is 0 Å². The van der Waals surface area contributed by atoms with Crippen molar-refractivity contribution in [2.24, 2.45) is 5.10 Å². The lowest BCUT2D eigenvalue weighted by Gasteiger charge is -2.22. The van der Waals surface area contributed by atoms with Gasteiger partial charge in [0.05, 0.1) is 28.2 Å². The van der Waals surface area contributed by atoms with Crippen molar-refractivity contribution in [3.8, 4) is 5.69 Å². The Morgan fingerprint density at radius 2 is 1.85 bits per heavy atom. The molecule has 0 unspecified atom stereocenters. The number of hydrogen-bond donors (Lipinski definition) is 1. The van der Waals surface area contributed by atoms with E-state index in [1.165, 1.54) is 6.21 Å². The Kier molecular flexibility index (Phi) is 7.89. The summed E-state index contributed by atoms with van der Waals surface area (Å²) in [6.07, 6.45) is 2.55. The molecule has 1 N–H and O–H groups in total. The third-order valence-corrected chi connectivity index (χ3v) is 7.37. The van der Waals surface area contributed by atoms with E-state index in [0.29, 0.717) is 20.2 Å². The van der Waals surface area contributed by atoms with Gasteiger partial charge in [-0.3, -0.25) is 9.10 Å². The second kappa shape index (κ2) is 10.3. The zero-order valence-corrected chi connectivity index (χ0v) is 21.9. The van der Waals surface area contributed by atoms with Crippen LogP contribution in [0.25, 0.3) is 5.69 Å². The lowest BCUT2D eigenvalue weighted by molar-refractivity contribution is -0.119. The number of benzene rings is 2. The SMILES string of the molecule is Cc1cc(/C=N\NC(=O)CN(c2ccccc2Br)S(C)(=O)=O)c(C)n1-c1ccc(Cl)c(Cl)c1. The molecule has 0 aliphatic carbocycles. The van der Waals surface area contributed by atoms with Crippen LogP contribution in [0.5, 0.6) is 0 Å².